The molecule has 16 heavy (non-hydrogen) atoms. The quantitative estimate of drug-likeness (QED) is 0.717. The lowest BCUT2D eigenvalue weighted by molar-refractivity contribution is 0.358. The van der Waals surface area contributed by atoms with Crippen LogP contribution in [0.1, 0.15) is 25.3 Å². The molecule has 1 saturated heterocycles. The molecular formula is C13H17FO2. The Kier molecular flexibility index (Phi) is 3.44. The van der Waals surface area contributed by atoms with Crippen molar-refractivity contribution in [3.05, 3.63) is 29.6 Å². The Labute approximate surface area is 95.4 Å². The van der Waals surface area contributed by atoms with Crippen LogP contribution in [0.15, 0.2) is 18.2 Å². The van der Waals surface area contributed by atoms with Crippen LogP contribution in [-0.4, -0.2) is 19.3 Å². The zero-order chi connectivity index (χ0) is 11.5. The van der Waals surface area contributed by atoms with Gasteiger partial charge >= 0.3 is 0 Å². The Hall–Kier alpha value is -1.09. The minimum Gasteiger partial charge on any atom is -0.496 e. The molecule has 0 saturated carbocycles. The minimum absolute atomic E-state index is 0.209. The smallest absolute Gasteiger partial charge is 0.123 e. The molecule has 0 aromatic heterocycles. The van der Waals surface area contributed by atoms with Crippen LogP contribution in [0.3, 0.4) is 0 Å². The van der Waals surface area contributed by atoms with Crippen molar-refractivity contribution in [2.45, 2.75) is 38.4 Å². The fourth-order valence-corrected chi connectivity index (χ4v) is 2.03. The van der Waals surface area contributed by atoms with Crippen LogP contribution in [0.25, 0.3) is 0 Å². The molecule has 2 unspecified atom stereocenters. The molecule has 1 fully saturated rings. The highest BCUT2D eigenvalue weighted by molar-refractivity contribution is 5.34. The summed E-state index contributed by atoms with van der Waals surface area (Å²) in [6.07, 6.45) is 3.59. The van der Waals surface area contributed by atoms with Crippen LogP contribution in [0, 0.1) is 5.82 Å². The van der Waals surface area contributed by atoms with Crippen molar-refractivity contribution in [2.24, 2.45) is 0 Å². The predicted octanol–water partition coefficient (Wildman–Crippen LogP) is 2.94. The van der Waals surface area contributed by atoms with Crippen LogP contribution in [0.4, 0.5) is 4.39 Å². The van der Waals surface area contributed by atoms with Crippen LogP contribution in [0.5, 0.6) is 5.75 Å². The predicted molar refractivity (Wildman–Crippen MR) is 60.2 cm³/mol. The summed E-state index contributed by atoms with van der Waals surface area (Å²) in [4.78, 5) is 0. The Morgan fingerprint density at radius 1 is 1.38 bits per heavy atom. The van der Waals surface area contributed by atoms with Gasteiger partial charge in [0, 0.05) is 0 Å². The lowest BCUT2D eigenvalue weighted by atomic mass is 10.1. The van der Waals surface area contributed by atoms with E-state index in [0.717, 1.165) is 30.6 Å². The Morgan fingerprint density at radius 3 is 2.81 bits per heavy atom. The molecule has 0 spiro atoms. The van der Waals surface area contributed by atoms with Crippen molar-refractivity contribution < 1.29 is 13.9 Å². The molecule has 2 atom stereocenters. The lowest BCUT2D eigenvalue weighted by Crippen LogP contribution is -1.98. The summed E-state index contributed by atoms with van der Waals surface area (Å²) in [5, 5.41) is 0. The van der Waals surface area contributed by atoms with E-state index in [4.69, 9.17) is 9.47 Å². The van der Waals surface area contributed by atoms with Gasteiger partial charge in [0.2, 0.25) is 0 Å². The zero-order valence-electron chi connectivity index (χ0n) is 9.70. The van der Waals surface area contributed by atoms with E-state index < -0.39 is 0 Å². The normalized spacial score (nSPS) is 23.2. The summed E-state index contributed by atoms with van der Waals surface area (Å²) in [5.74, 6) is 0.551. The van der Waals surface area contributed by atoms with Crippen LogP contribution in [0.2, 0.25) is 0 Å². The van der Waals surface area contributed by atoms with Crippen molar-refractivity contribution >= 4 is 0 Å². The minimum atomic E-state index is -0.209. The van der Waals surface area contributed by atoms with Crippen LogP contribution in [-0.2, 0) is 11.2 Å². The third-order valence-corrected chi connectivity index (χ3v) is 3.03. The van der Waals surface area contributed by atoms with Crippen molar-refractivity contribution in [2.75, 3.05) is 7.11 Å². The first-order valence-electron chi connectivity index (χ1n) is 5.72. The fraction of sp³-hybridized carbons (Fsp3) is 0.538. The topological polar surface area (TPSA) is 21.8 Å². The monoisotopic (exact) mass is 224 g/mol. The molecule has 0 radical (unpaired) electrons. The summed E-state index contributed by atoms with van der Waals surface area (Å²) < 4.78 is 23.7. The molecule has 88 valence electrons. The molecule has 0 N–H and O–H groups in total. The largest absolute Gasteiger partial charge is 0.496 e. The highest BCUT2D eigenvalue weighted by Gasteiger charge is 2.36. The van der Waals surface area contributed by atoms with Gasteiger partial charge in [-0.2, -0.15) is 0 Å². The average molecular weight is 224 g/mol. The lowest BCUT2D eigenvalue weighted by Gasteiger charge is -2.07. The third kappa shape index (κ3) is 2.53. The van der Waals surface area contributed by atoms with E-state index in [1.165, 1.54) is 6.07 Å². The van der Waals surface area contributed by atoms with E-state index in [2.05, 4.69) is 6.92 Å². The van der Waals surface area contributed by atoms with Gasteiger partial charge in [0.25, 0.3) is 0 Å². The Morgan fingerprint density at radius 2 is 2.19 bits per heavy atom. The second-order valence-electron chi connectivity index (χ2n) is 4.12. The van der Waals surface area contributed by atoms with Crippen LogP contribution >= 0.6 is 0 Å². The molecule has 0 aliphatic carbocycles. The number of epoxide rings is 1. The van der Waals surface area contributed by atoms with Gasteiger partial charge in [0.15, 0.2) is 0 Å². The molecule has 1 aromatic rings. The van der Waals surface area contributed by atoms with E-state index >= 15 is 0 Å². The summed E-state index contributed by atoms with van der Waals surface area (Å²) in [6, 6.07) is 4.64. The van der Waals surface area contributed by atoms with Gasteiger partial charge in [0.05, 0.1) is 19.3 Å². The van der Waals surface area contributed by atoms with Gasteiger partial charge in [-0.15, -0.1) is 0 Å². The van der Waals surface area contributed by atoms with E-state index in [0.29, 0.717) is 12.2 Å². The summed E-state index contributed by atoms with van der Waals surface area (Å²) in [7, 11) is 1.61. The number of hydrogen-bond donors (Lipinski definition) is 0. The second-order valence-corrected chi connectivity index (χ2v) is 4.12. The molecule has 2 nitrogen and oxygen atoms in total. The maximum Gasteiger partial charge on any atom is 0.123 e. The molecule has 1 aliphatic rings. The van der Waals surface area contributed by atoms with Crippen molar-refractivity contribution in [3.8, 4) is 5.75 Å². The molecular weight excluding hydrogens is 207 g/mol. The highest BCUT2D eigenvalue weighted by atomic mass is 19.1. The first-order valence-corrected chi connectivity index (χ1v) is 5.72. The SMILES string of the molecule is CCC1OC1CCc1cc(F)ccc1OC. The van der Waals surface area contributed by atoms with E-state index in [-0.39, 0.29) is 5.82 Å². The fourth-order valence-electron chi connectivity index (χ4n) is 2.03. The summed E-state index contributed by atoms with van der Waals surface area (Å²) >= 11 is 0. The van der Waals surface area contributed by atoms with Gasteiger partial charge in [0.1, 0.15) is 11.6 Å². The van der Waals surface area contributed by atoms with E-state index in [1.54, 1.807) is 19.2 Å². The number of aryl methyl sites for hydroxylation is 1. The Balaban J connectivity index is 1.95. The first kappa shape index (κ1) is 11.4. The Bertz CT molecular complexity index is 365. The molecule has 3 heteroatoms. The maximum atomic E-state index is 13.1. The number of methoxy groups -OCH3 is 1. The molecule has 1 aromatic carbocycles. The van der Waals surface area contributed by atoms with Crippen molar-refractivity contribution in [3.63, 3.8) is 0 Å². The molecule has 1 heterocycles. The van der Waals surface area contributed by atoms with Gasteiger partial charge < -0.3 is 9.47 Å². The third-order valence-electron chi connectivity index (χ3n) is 3.03. The number of halogens is 1. The maximum absolute atomic E-state index is 13.1. The van der Waals surface area contributed by atoms with Crippen LogP contribution < -0.4 is 4.74 Å². The number of rotatable bonds is 5. The van der Waals surface area contributed by atoms with Crippen molar-refractivity contribution in [1.29, 1.82) is 0 Å². The molecule has 2 rings (SSSR count). The van der Waals surface area contributed by atoms with E-state index in [1.807, 2.05) is 0 Å². The van der Waals surface area contributed by atoms with Crippen molar-refractivity contribution in [1.82, 2.24) is 0 Å². The number of benzene rings is 1. The number of ether oxygens (including phenoxy) is 2. The average Bonchev–Trinajstić information content (AvgIpc) is 3.05. The molecule has 0 bridgehead atoms. The standard InChI is InChI=1S/C13H17FO2/c1-3-11-13(16-11)6-4-9-8-10(14)5-7-12(9)15-2/h5,7-8,11,13H,3-4,6H2,1-2H3. The first-order chi connectivity index (χ1) is 7.74. The zero-order valence-corrected chi connectivity index (χ0v) is 9.70. The highest BCUT2D eigenvalue weighted by Crippen LogP contribution is 2.30. The summed E-state index contributed by atoms with van der Waals surface area (Å²) in [5.41, 5.74) is 0.924. The van der Waals surface area contributed by atoms with Gasteiger partial charge in [-0.1, -0.05) is 6.92 Å². The van der Waals surface area contributed by atoms with Gasteiger partial charge in [-0.25, -0.2) is 4.39 Å². The van der Waals surface area contributed by atoms with E-state index in [9.17, 15) is 4.39 Å². The summed E-state index contributed by atoms with van der Waals surface area (Å²) in [6.45, 7) is 2.12. The molecule has 0 amide bonds. The van der Waals surface area contributed by atoms with Gasteiger partial charge in [-0.05, 0) is 43.0 Å². The number of hydrogen-bond acceptors (Lipinski definition) is 2. The van der Waals surface area contributed by atoms with Gasteiger partial charge in [-0.3, -0.25) is 0 Å². The second kappa shape index (κ2) is 4.83. The molecule has 1 aliphatic heterocycles.